The lowest BCUT2D eigenvalue weighted by Gasteiger charge is -2.03. The van der Waals surface area contributed by atoms with Crippen LogP contribution in [-0.4, -0.2) is 28.4 Å². The first kappa shape index (κ1) is 13.8. The summed E-state index contributed by atoms with van der Waals surface area (Å²) in [5.41, 5.74) is 1.14. The van der Waals surface area contributed by atoms with E-state index in [1.807, 2.05) is 12.1 Å². The highest BCUT2D eigenvalue weighted by Gasteiger charge is 2.18. The molecule has 22 heavy (non-hydrogen) atoms. The van der Waals surface area contributed by atoms with Gasteiger partial charge in [-0.15, -0.1) is 10.2 Å². The molecule has 3 aromatic rings. The zero-order chi connectivity index (χ0) is 15.5. The number of carbonyl (C=O) groups is 1. The maximum atomic E-state index is 11.3. The number of nitrogens with zero attached hydrogens (tertiary/aromatic N) is 2. The molecule has 0 amide bonds. The molecular formula is C16H12N2O4. The normalized spacial score (nSPS) is 10.4. The lowest BCUT2D eigenvalue weighted by Crippen LogP contribution is -1.98. The SMILES string of the molecule is COc1ccccc1-c1nnc(-c2ccccc2C(=O)O)o1. The van der Waals surface area contributed by atoms with Crippen molar-refractivity contribution in [3.05, 3.63) is 54.1 Å². The smallest absolute Gasteiger partial charge is 0.336 e. The molecule has 0 atom stereocenters. The maximum Gasteiger partial charge on any atom is 0.336 e. The van der Waals surface area contributed by atoms with Gasteiger partial charge in [0.25, 0.3) is 5.89 Å². The number of carboxylic acid groups (broad SMARTS) is 1. The minimum atomic E-state index is -1.05. The summed E-state index contributed by atoms with van der Waals surface area (Å²) < 4.78 is 10.9. The second kappa shape index (κ2) is 5.69. The van der Waals surface area contributed by atoms with E-state index in [1.54, 1.807) is 37.4 Å². The molecule has 6 heteroatoms. The Kier molecular flexibility index (Phi) is 3.57. The number of hydrogen-bond donors (Lipinski definition) is 1. The van der Waals surface area contributed by atoms with E-state index >= 15 is 0 Å². The molecule has 0 radical (unpaired) electrons. The van der Waals surface area contributed by atoms with Crippen molar-refractivity contribution in [2.45, 2.75) is 0 Å². The fraction of sp³-hybridized carbons (Fsp3) is 0.0625. The summed E-state index contributed by atoms with van der Waals surface area (Å²) in [6.07, 6.45) is 0. The van der Waals surface area contributed by atoms with E-state index in [-0.39, 0.29) is 17.3 Å². The lowest BCUT2D eigenvalue weighted by atomic mass is 10.1. The largest absolute Gasteiger partial charge is 0.496 e. The first-order valence-corrected chi connectivity index (χ1v) is 6.50. The molecule has 1 heterocycles. The molecule has 0 unspecified atom stereocenters. The highest BCUT2D eigenvalue weighted by Crippen LogP contribution is 2.31. The van der Waals surface area contributed by atoms with E-state index in [9.17, 15) is 9.90 Å². The van der Waals surface area contributed by atoms with Crippen LogP contribution in [0.3, 0.4) is 0 Å². The molecule has 3 rings (SSSR count). The Morgan fingerprint density at radius 1 is 1.00 bits per heavy atom. The Bertz CT molecular complexity index is 826. The predicted octanol–water partition coefficient (Wildman–Crippen LogP) is 3.11. The monoisotopic (exact) mass is 296 g/mol. The first-order valence-electron chi connectivity index (χ1n) is 6.50. The summed E-state index contributed by atoms with van der Waals surface area (Å²) in [5.74, 6) is -0.0246. The van der Waals surface area contributed by atoms with Crippen molar-refractivity contribution in [3.8, 4) is 28.7 Å². The molecule has 110 valence electrons. The summed E-state index contributed by atoms with van der Waals surface area (Å²) >= 11 is 0. The highest BCUT2D eigenvalue weighted by molar-refractivity contribution is 5.94. The number of aromatic nitrogens is 2. The molecule has 0 fully saturated rings. The Hall–Kier alpha value is -3.15. The summed E-state index contributed by atoms with van der Waals surface area (Å²) in [7, 11) is 1.55. The topological polar surface area (TPSA) is 85.5 Å². The first-order chi connectivity index (χ1) is 10.7. The van der Waals surface area contributed by atoms with Gasteiger partial charge in [0.1, 0.15) is 5.75 Å². The lowest BCUT2D eigenvalue weighted by molar-refractivity contribution is 0.0697. The molecule has 1 aromatic heterocycles. The van der Waals surface area contributed by atoms with Crippen LogP contribution in [0.25, 0.3) is 22.9 Å². The van der Waals surface area contributed by atoms with Crippen molar-refractivity contribution in [1.82, 2.24) is 10.2 Å². The average molecular weight is 296 g/mol. The third-order valence-corrected chi connectivity index (χ3v) is 3.15. The maximum absolute atomic E-state index is 11.3. The van der Waals surface area contributed by atoms with Gasteiger partial charge in [-0.3, -0.25) is 0 Å². The van der Waals surface area contributed by atoms with Crippen LogP contribution in [-0.2, 0) is 0 Å². The number of methoxy groups -OCH3 is 1. The number of benzene rings is 2. The van der Waals surface area contributed by atoms with E-state index < -0.39 is 5.97 Å². The van der Waals surface area contributed by atoms with E-state index in [0.29, 0.717) is 16.9 Å². The van der Waals surface area contributed by atoms with Crippen molar-refractivity contribution >= 4 is 5.97 Å². The average Bonchev–Trinajstić information content (AvgIpc) is 3.04. The Balaban J connectivity index is 2.07. The van der Waals surface area contributed by atoms with Crippen LogP contribution in [0.1, 0.15) is 10.4 Å². The number of hydrogen-bond acceptors (Lipinski definition) is 5. The van der Waals surface area contributed by atoms with Gasteiger partial charge >= 0.3 is 5.97 Å². The molecule has 0 bridgehead atoms. The molecular weight excluding hydrogens is 284 g/mol. The van der Waals surface area contributed by atoms with Gasteiger partial charge in [0.05, 0.1) is 23.8 Å². The van der Waals surface area contributed by atoms with Crippen LogP contribution in [0.4, 0.5) is 0 Å². The van der Waals surface area contributed by atoms with Gasteiger partial charge in [0.15, 0.2) is 0 Å². The quantitative estimate of drug-likeness (QED) is 0.796. The Morgan fingerprint density at radius 3 is 2.27 bits per heavy atom. The van der Waals surface area contributed by atoms with Crippen molar-refractivity contribution in [2.75, 3.05) is 7.11 Å². The second-order valence-electron chi connectivity index (χ2n) is 4.46. The molecule has 0 saturated heterocycles. The van der Waals surface area contributed by atoms with Crippen LogP contribution in [0.5, 0.6) is 5.75 Å². The summed E-state index contributed by atoms with van der Waals surface area (Å²) in [5, 5.41) is 17.2. The van der Waals surface area contributed by atoms with Gasteiger partial charge in [-0.2, -0.15) is 0 Å². The Morgan fingerprint density at radius 2 is 1.59 bits per heavy atom. The van der Waals surface area contributed by atoms with Gasteiger partial charge in [-0.1, -0.05) is 24.3 Å². The van der Waals surface area contributed by atoms with Gasteiger partial charge in [0, 0.05) is 0 Å². The third-order valence-electron chi connectivity index (χ3n) is 3.15. The number of para-hydroxylation sites is 1. The van der Waals surface area contributed by atoms with Crippen molar-refractivity contribution in [3.63, 3.8) is 0 Å². The van der Waals surface area contributed by atoms with Crippen LogP contribution in [0, 0.1) is 0 Å². The minimum Gasteiger partial charge on any atom is -0.496 e. The molecule has 0 aliphatic heterocycles. The van der Waals surface area contributed by atoms with Gasteiger partial charge in [-0.05, 0) is 24.3 Å². The molecule has 2 aromatic carbocycles. The van der Waals surface area contributed by atoms with E-state index in [2.05, 4.69) is 10.2 Å². The molecule has 1 N–H and O–H groups in total. The summed E-state index contributed by atoms with van der Waals surface area (Å²) in [4.78, 5) is 11.3. The molecule has 0 aliphatic rings. The van der Waals surface area contributed by atoms with Crippen molar-refractivity contribution in [1.29, 1.82) is 0 Å². The number of ether oxygens (including phenoxy) is 1. The van der Waals surface area contributed by atoms with Gasteiger partial charge < -0.3 is 14.3 Å². The number of rotatable bonds is 4. The fourth-order valence-corrected chi connectivity index (χ4v) is 2.12. The molecule has 0 saturated carbocycles. The summed E-state index contributed by atoms with van der Waals surface area (Å²) in [6.45, 7) is 0. The van der Waals surface area contributed by atoms with E-state index in [0.717, 1.165) is 0 Å². The number of aromatic carboxylic acids is 1. The van der Waals surface area contributed by atoms with Gasteiger partial charge in [0.2, 0.25) is 5.89 Å². The van der Waals surface area contributed by atoms with Gasteiger partial charge in [-0.25, -0.2) is 4.79 Å². The standard InChI is InChI=1S/C16H12N2O4/c1-21-13-9-5-4-8-12(13)15-18-17-14(22-15)10-6-2-3-7-11(10)16(19)20/h2-9H,1H3,(H,19,20). The zero-order valence-corrected chi connectivity index (χ0v) is 11.7. The fourth-order valence-electron chi connectivity index (χ4n) is 2.12. The molecule has 6 nitrogen and oxygen atoms in total. The number of carboxylic acids is 1. The van der Waals surface area contributed by atoms with Crippen LogP contribution < -0.4 is 4.74 Å². The highest BCUT2D eigenvalue weighted by atomic mass is 16.5. The van der Waals surface area contributed by atoms with Crippen LogP contribution in [0.2, 0.25) is 0 Å². The van der Waals surface area contributed by atoms with Crippen molar-refractivity contribution in [2.24, 2.45) is 0 Å². The van der Waals surface area contributed by atoms with E-state index in [1.165, 1.54) is 6.07 Å². The van der Waals surface area contributed by atoms with Crippen molar-refractivity contribution < 1.29 is 19.1 Å². The van der Waals surface area contributed by atoms with Crippen LogP contribution in [0.15, 0.2) is 52.9 Å². The van der Waals surface area contributed by atoms with Crippen LogP contribution >= 0.6 is 0 Å². The molecule has 0 aliphatic carbocycles. The predicted molar refractivity (Wildman–Crippen MR) is 78.7 cm³/mol. The summed E-state index contributed by atoms with van der Waals surface area (Å²) in [6, 6.07) is 13.7. The minimum absolute atomic E-state index is 0.109. The Labute approximate surface area is 126 Å². The second-order valence-corrected chi connectivity index (χ2v) is 4.46. The third kappa shape index (κ3) is 2.42. The molecule has 0 spiro atoms. The zero-order valence-electron chi connectivity index (χ0n) is 11.7. The van der Waals surface area contributed by atoms with E-state index in [4.69, 9.17) is 9.15 Å².